The topological polar surface area (TPSA) is 93.7 Å². The van der Waals surface area contributed by atoms with E-state index in [2.05, 4.69) is 15.4 Å². The quantitative estimate of drug-likeness (QED) is 0.575. The average Bonchev–Trinajstić information content (AvgIpc) is 2.67. The molecule has 0 aliphatic heterocycles. The van der Waals surface area contributed by atoms with Crippen LogP contribution in [0.4, 0.5) is 10.5 Å². The van der Waals surface area contributed by atoms with E-state index in [0.717, 1.165) is 5.56 Å². The Bertz CT molecular complexity index is 785. The smallest absolute Gasteiger partial charge is 0.434 e. The Labute approximate surface area is 157 Å². The maximum atomic E-state index is 12.3. The van der Waals surface area contributed by atoms with Gasteiger partial charge in [0.05, 0.1) is 6.61 Å². The molecule has 2 N–H and O–H groups in total. The SMILES string of the molecule is CCOC(=O)Oc1ccc(C(=O)Nc2ccc(CNC(=O)CC)cc2)cc1. The first kappa shape index (κ1) is 20.0. The minimum Gasteiger partial charge on any atom is -0.434 e. The predicted octanol–water partition coefficient (Wildman–Crippen LogP) is 3.50. The van der Waals surface area contributed by atoms with Gasteiger partial charge in [0, 0.05) is 24.2 Å². The van der Waals surface area contributed by atoms with E-state index in [1.54, 1.807) is 38.1 Å². The first-order valence-electron chi connectivity index (χ1n) is 8.63. The van der Waals surface area contributed by atoms with Crippen LogP contribution in [0.1, 0.15) is 36.2 Å². The van der Waals surface area contributed by atoms with E-state index in [-0.39, 0.29) is 18.4 Å². The first-order valence-corrected chi connectivity index (χ1v) is 8.63. The maximum Gasteiger partial charge on any atom is 0.513 e. The van der Waals surface area contributed by atoms with Gasteiger partial charge in [0.1, 0.15) is 5.75 Å². The molecule has 0 aliphatic carbocycles. The summed E-state index contributed by atoms with van der Waals surface area (Å²) in [5, 5.41) is 5.57. The molecule has 0 aromatic heterocycles. The number of rotatable bonds is 7. The molecule has 0 unspecified atom stereocenters. The lowest BCUT2D eigenvalue weighted by atomic mass is 10.1. The number of hydrogen-bond donors (Lipinski definition) is 2. The van der Waals surface area contributed by atoms with Gasteiger partial charge in [0.25, 0.3) is 5.91 Å². The molecule has 27 heavy (non-hydrogen) atoms. The number of anilines is 1. The Hall–Kier alpha value is -3.35. The fraction of sp³-hybridized carbons (Fsp3) is 0.250. The van der Waals surface area contributed by atoms with Crippen LogP contribution >= 0.6 is 0 Å². The highest BCUT2D eigenvalue weighted by molar-refractivity contribution is 6.04. The van der Waals surface area contributed by atoms with E-state index < -0.39 is 6.16 Å². The molecule has 0 saturated carbocycles. The predicted molar refractivity (Wildman–Crippen MR) is 101 cm³/mol. The number of amides is 2. The van der Waals surface area contributed by atoms with Gasteiger partial charge in [-0.05, 0) is 48.9 Å². The van der Waals surface area contributed by atoms with Gasteiger partial charge in [-0.1, -0.05) is 19.1 Å². The molecule has 0 fully saturated rings. The summed E-state index contributed by atoms with van der Waals surface area (Å²) in [4.78, 5) is 34.8. The van der Waals surface area contributed by atoms with Gasteiger partial charge in [-0.3, -0.25) is 9.59 Å². The zero-order chi connectivity index (χ0) is 19.6. The fourth-order valence-electron chi connectivity index (χ4n) is 2.15. The third kappa shape index (κ3) is 6.47. The number of carbonyl (C=O) groups is 3. The standard InChI is InChI=1S/C20H22N2O5/c1-3-18(23)21-13-14-5-9-16(10-6-14)22-19(24)15-7-11-17(12-8-15)27-20(25)26-4-2/h5-12H,3-4,13H2,1-2H3,(H,21,23)(H,22,24). The Morgan fingerprint density at radius 2 is 1.59 bits per heavy atom. The van der Waals surface area contributed by atoms with Crippen LogP contribution in [0.2, 0.25) is 0 Å². The van der Waals surface area contributed by atoms with Gasteiger partial charge in [-0.2, -0.15) is 0 Å². The normalized spacial score (nSPS) is 10.0. The van der Waals surface area contributed by atoms with Crippen LogP contribution in [0.15, 0.2) is 48.5 Å². The van der Waals surface area contributed by atoms with Gasteiger partial charge in [0.15, 0.2) is 0 Å². The van der Waals surface area contributed by atoms with E-state index in [4.69, 9.17) is 4.74 Å². The number of carbonyl (C=O) groups excluding carboxylic acids is 3. The Morgan fingerprint density at radius 3 is 2.19 bits per heavy atom. The highest BCUT2D eigenvalue weighted by atomic mass is 16.7. The second-order valence-electron chi connectivity index (χ2n) is 5.59. The van der Waals surface area contributed by atoms with Crippen LogP contribution in [0, 0.1) is 0 Å². The van der Waals surface area contributed by atoms with Crippen molar-refractivity contribution >= 4 is 23.7 Å². The summed E-state index contributed by atoms with van der Waals surface area (Å²) in [6.07, 6.45) is -0.345. The molecule has 2 aromatic carbocycles. The Morgan fingerprint density at radius 1 is 0.926 bits per heavy atom. The minimum atomic E-state index is -0.787. The maximum absolute atomic E-state index is 12.3. The molecule has 0 radical (unpaired) electrons. The monoisotopic (exact) mass is 370 g/mol. The van der Waals surface area contributed by atoms with E-state index in [0.29, 0.717) is 30.0 Å². The Kier molecular flexibility index (Phi) is 7.37. The summed E-state index contributed by atoms with van der Waals surface area (Å²) < 4.78 is 9.63. The van der Waals surface area contributed by atoms with Crippen molar-refractivity contribution in [2.45, 2.75) is 26.8 Å². The lowest BCUT2D eigenvalue weighted by molar-refractivity contribution is -0.120. The van der Waals surface area contributed by atoms with Crippen LogP contribution in [0.25, 0.3) is 0 Å². The average molecular weight is 370 g/mol. The molecule has 7 nitrogen and oxygen atoms in total. The van der Waals surface area contributed by atoms with E-state index in [9.17, 15) is 14.4 Å². The molecule has 7 heteroatoms. The molecule has 2 rings (SSSR count). The molecular weight excluding hydrogens is 348 g/mol. The van der Waals surface area contributed by atoms with Crippen molar-refractivity contribution in [3.8, 4) is 5.75 Å². The van der Waals surface area contributed by atoms with Crippen LogP contribution < -0.4 is 15.4 Å². The number of ether oxygens (including phenoxy) is 2. The summed E-state index contributed by atoms with van der Waals surface area (Å²) in [7, 11) is 0. The van der Waals surface area contributed by atoms with Crippen molar-refractivity contribution in [3.63, 3.8) is 0 Å². The van der Waals surface area contributed by atoms with Crippen LogP contribution in [0.5, 0.6) is 5.75 Å². The third-order valence-corrected chi connectivity index (χ3v) is 3.60. The zero-order valence-electron chi connectivity index (χ0n) is 15.3. The second-order valence-corrected chi connectivity index (χ2v) is 5.59. The van der Waals surface area contributed by atoms with Crippen molar-refractivity contribution in [2.24, 2.45) is 0 Å². The molecule has 2 amide bonds. The molecule has 0 heterocycles. The summed E-state index contributed by atoms with van der Waals surface area (Å²) in [6.45, 7) is 4.15. The van der Waals surface area contributed by atoms with Gasteiger partial charge in [-0.25, -0.2) is 4.79 Å². The van der Waals surface area contributed by atoms with Crippen LogP contribution in [0.3, 0.4) is 0 Å². The summed E-state index contributed by atoms with van der Waals surface area (Å²) in [5.74, 6) is -0.00374. The van der Waals surface area contributed by atoms with Crippen molar-refractivity contribution < 1.29 is 23.9 Å². The number of nitrogens with one attached hydrogen (secondary N) is 2. The van der Waals surface area contributed by atoms with Crippen molar-refractivity contribution in [1.29, 1.82) is 0 Å². The molecule has 0 aliphatic rings. The number of benzene rings is 2. The second kappa shape index (κ2) is 9.96. The third-order valence-electron chi connectivity index (χ3n) is 3.60. The Balaban J connectivity index is 1.90. The van der Waals surface area contributed by atoms with E-state index in [1.807, 2.05) is 12.1 Å². The van der Waals surface area contributed by atoms with Gasteiger partial charge >= 0.3 is 6.16 Å². The highest BCUT2D eigenvalue weighted by Crippen LogP contribution is 2.15. The summed E-state index contributed by atoms with van der Waals surface area (Å²) in [5.41, 5.74) is 2.00. The molecular formula is C20H22N2O5. The van der Waals surface area contributed by atoms with Gasteiger partial charge in [-0.15, -0.1) is 0 Å². The van der Waals surface area contributed by atoms with Crippen LogP contribution in [-0.4, -0.2) is 24.6 Å². The van der Waals surface area contributed by atoms with E-state index >= 15 is 0 Å². The molecule has 2 aromatic rings. The molecule has 0 saturated heterocycles. The van der Waals surface area contributed by atoms with Crippen molar-refractivity contribution in [3.05, 3.63) is 59.7 Å². The lowest BCUT2D eigenvalue weighted by Crippen LogP contribution is -2.21. The minimum absolute atomic E-state index is 0.0113. The highest BCUT2D eigenvalue weighted by Gasteiger charge is 2.09. The fourth-order valence-corrected chi connectivity index (χ4v) is 2.15. The van der Waals surface area contributed by atoms with Crippen molar-refractivity contribution in [1.82, 2.24) is 5.32 Å². The number of hydrogen-bond acceptors (Lipinski definition) is 5. The van der Waals surface area contributed by atoms with E-state index in [1.165, 1.54) is 12.1 Å². The summed E-state index contributed by atoms with van der Waals surface area (Å²) >= 11 is 0. The van der Waals surface area contributed by atoms with Crippen LogP contribution in [-0.2, 0) is 16.1 Å². The zero-order valence-corrected chi connectivity index (χ0v) is 15.3. The van der Waals surface area contributed by atoms with Crippen molar-refractivity contribution in [2.75, 3.05) is 11.9 Å². The van der Waals surface area contributed by atoms with Gasteiger partial charge < -0.3 is 20.1 Å². The van der Waals surface area contributed by atoms with Gasteiger partial charge in [0.2, 0.25) is 5.91 Å². The molecule has 142 valence electrons. The lowest BCUT2D eigenvalue weighted by Gasteiger charge is -2.08. The summed E-state index contributed by atoms with van der Waals surface area (Å²) in [6, 6.07) is 13.4. The largest absolute Gasteiger partial charge is 0.513 e. The molecule has 0 spiro atoms. The molecule has 0 atom stereocenters. The molecule has 0 bridgehead atoms. The first-order chi connectivity index (χ1) is 13.0.